The quantitative estimate of drug-likeness (QED) is 0.344. The van der Waals surface area contributed by atoms with E-state index >= 15 is 4.39 Å². The molecule has 10 heteroatoms. The predicted octanol–water partition coefficient (Wildman–Crippen LogP) is 2.96. The summed E-state index contributed by atoms with van der Waals surface area (Å²) >= 11 is 0. The SMILES string of the molecule is CCOC(=O)[C@H](CC(C)C)NC(=O)C(NC(=O)[C@H](C)N1C(=O)c2ccccc2C1=O)C(F)c1ccccc1. The van der Waals surface area contributed by atoms with Crippen molar-refractivity contribution in [3.05, 3.63) is 71.3 Å². The van der Waals surface area contributed by atoms with Crippen LogP contribution < -0.4 is 10.6 Å². The monoisotopic (exact) mass is 525 g/mol. The number of alkyl halides is 1. The van der Waals surface area contributed by atoms with Crippen molar-refractivity contribution in [3.63, 3.8) is 0 Å². The highest BCUT2D eigenvalue weighted by Gasteiger charge is 2.42. The largest absolute Gasteiger partial charge is 0.464 e. The topological polar surface area (TPSA) is 122 Å². The summed E-state index contributed by atoms with van der Waals surface area (Å²) in [5.41, 5.74) is 0.438. The van der Waals surface area contributed by atoms with Crippen LogP contribution >= 0.6 is 0 Å². The lowest BCUT2D eigenvalue weighted by Gasteiger charge is -2.28. The van der Waals surface area contributed by atoms with Crippen LogP contribution in [0.4, 0.5) is 4.39 Å². The molecule has 202 valence electrons. The Morgan fingerprint density at radius 3 is 1.95 bits per heavy atom. The second kappa shape index (κ2) is 12.4. The van der Waals surface area contributed by atoms with Crippen LogP contribution in [-0.2, 0) is 19.1 Å². The molecule has 2 unspecified atom stereocenters. The van der Waals surface area contributed by atoms with Crippen LogP contribution in [0, 0.1) is 5.92 Å². The maximum Gasteiger partial charge on any atom is 0.328 e. The van der Waals surface area contributed by atoms with Crippen LogP contribution in [0.1, 0.15) is 66.6 Å². The van der Waals surface area contributed by atoms with Gasteiger partial charge in [0.2, 0.25) is 11.8 Å². The Morgan fingerprint density at radius 2 is 1.42 bits per heavy atom. The number of benzene rings is 2. The maximum atomic E-state index is 15.7. The highest BCUT2D eigenvalue weighted by atomic mass is 19.1. The highest BCUT2D eigenvalue weighted by molar-refractivity contribution is 6.22. The minimum absolute atomic E-state index is 0.00175. The third kappa shape index (κ3) is 6.24. The molecular weight excluding hydrogens is 493 g/mol. The van der Waals surface area contributed by atoms with Crippen molar-refractivity contribution in [2.24, 2.45) is 5.92 Å². The normalized spacial score (nSPS) is 15.9. The minimum Gasteiger partial charge on any atom is -0.464 e. The molecule has 1 aliphatic rings. The zero-order valence-electron chi connectivity index (χ0n) is 21.8. The molecule has 0 saturated carbocycles. The van der Waals surface area contributed by atoms with Crippen LogP contribution in [0.3, 0.4) is 0 Å². The van der Waals surface area contributed by atoms with E-state index in [1.165, 1.54) is 31.2 Å². The van der Waals surface area contributed by atoms with Crippen molar-refractivity contribution in [2.45, 2.75) is 58.4 Å². The number of carbonyl (C=O) groups is 5. The lowest BCUT2D eigenvalue weighted by atomic mass is 10.00. The van der Waals surface area contributed by atoms with Crippen molar-refractivity contribution in [3.8, 4) is 0 Å². The van der Waals surface area contributed by atoms with E-state index < -0.39 is 53.9 Å². The molecule has 3 rings (SSSR count). The van der Waals surface area contributed by atoms with Gasteiger partial charge >= 0.3 is 5.97 Å². The van der Waals surface area contributed by atoms with Crippen molar-refractivity contribution < 1.29 is 33.1 Å². The molecule has 1 heterocycles. The van der Waals surface area contributed by atoms with Crippen molar-refractivity contribution >= 4 is 29.6 Å². The second-order valence-corrected chi connectivity index (χ2v) is 9.44. The van der Waals surface area contributed by atoms with Crippen LogP contribution in [0.5, 0.6) is 0 Å². The molecule has 4 atom stereocenters. The number of imide groups is 1. The first kappa shape index (κ1) is 28.5. The molecule has 0 aliphatic carbocycles. The predicted molar refractivity (Wildman–Crippen MR) is 137 cm³/mol. The molecule has 0 fully saturated rings. The number of nitrogens with one attached hydrogen (secondary N) is 2. The maximum absolute atomic E-state index is 15.7. The van der Waals surface area contributed by atoms with E-state index in [0.717, 1.165) is 4.90 Å². The van der Waals surface area contributed by atoms with Gasteiger partial charge in [0.25, 0.3) is 11.8 Å². The molecule has 2 N–H and O–H groups in total. The number of rotatable bonds is 11. The zero-order valence-corrected chi connectivity index (χ0v) is 21.8. The van der Waals surface area contributed by atoms with Crippen molar-refractivity contribution in [1.29, 1.82) is 0 Å². The molecule has 2 aromatic rings. The number of amides is 4. The fourth-order valence-electron chi connectivity index (χ4n) is 4.24. The minimum atomic E-state index is -1.99. The number of esters is 1. The Kier molecular flexibility index (Phi) is 9.33. The number of hydrogen-bond donors (Lipinski definition) is 2. The first-order chi connectivity index (χ1) is 18.1. The zero-order chi connectivity index (χ0) is 28.0. The Bertz CT molecular complexity index is 1170. The molecule has 0 aromatic heterocycles. The highest BCUT2D eigenvalue weighted by Crippen LogP contribution is 2.26. The van der Waals surface area contributed by atoms with E-state index in [0.29, 0.717) is 0 Å². The van der Waals surface area contributed by atoms with Crippen LogP contribution in [0.15, 0.2) is 54.6 Å². The number of halogens is 1. The van der Waals surface area contributed by atoms with Gasteiger partial charge in [0.1, 0.15) is 18.1 Å². The van der Waals surface area contributed by atoms with E-state index in [-0.39, 0.29) is 35.6 Å². The van der Waals surface area contributed by atoms with Crippen LogP contribution in [0.25, 0.3) is 0 Å². The van der Waals surface area contributed by atoms with Gasteiger partial charge < -0.3 is 15.4 Å². The van der Waals surface area contributed by atoms with E-state index in [4.69, 9.17) is 4.74 Å². The molecule has 0 radical (unpaired) electrons. The number of ether oxygens (including phenoxy) is 1. The van der Waals surface area contributed by atoms with Crippen molar-refractivity contribution in [2.75, 3.05) is 6.61 Å². The third-order valence-electron chi connectivity index (χ3n) is 6.18. The summed E-state index contributed by atoms with van der Waals surface area (Å²) in [6.07, 6.45) is -1.75. The molecule has 1 aliphatic heterocycles. The van der Waals surface area contributed by atoms with Gasteiger partial charge in [-0.25, -0.2) is 9.18 Å². The van der Waals surface area contributed by atoms with E-state index in [2.05, 4.69) is 10.6 Å². The third-order valence-corrected chi connectivity index (χ3v) is 6.18. The van der Waals surface area contributed by atoms with E-state index in [1.54, 1.807) is 37.3 Å². The van der Waals surface area contributed by atoms with Gasteiger partial charge in [-0.3, -0.25) is 24.1 Å². The number of fused-ring (bicyclic) bond motifs is 1. The standard InChI is InChI=1S/C28H32FN3O6/c1-5-38-28(37)21(15-16(2)3)30-25(34)23(22(29)18-11-7-6-8-12-18)31-24(33)17(4)32-26(35)19-13-9-10-14-20(19)27(32)36/h6-14,16-17,21-23H,5,15H2,1-4H3,(H,30,34)(H,31,33)/t17-,21-,22?,23?/m0/s1. The Morgan fingerprint density at radius 1 is 0.868 bits per heavy atom. The van der Waals surface area contributed by atoms with Gasteiger partial charge in [0.15, 0.2) is 6.17 Å². The first-order valence-electron chi connectivity index (χ1n) is 12.5. The van der Waals surface area contributed by atoms with Gasteiger partial charge in [-0.05, 0) is 43.9 Å². The molecule has 2 aromatic carbocycles. The Balaban J connectivity index is 1.86. The second-order valence-electron chi connectivity index (χ2n) is 9.44. The molecule has 9 nitrogen and oxygen atoms in total. The van der Waals surface area contributed by atoms with E-state index in [1.807, 2.05) is 13.8 Å². The lowest BCUT2D eigenvalue weighted by Crippen LogP contribution is -2.57. The summed E-state index contributed by atoms with van der Waals surface area (Å²) in [6, 6.07) is 9.77. The summed E-state index contributed by atoms with van der Waals surface area (Å²) in [4.78, 5) is 65.5. The molecule has 4 amide bonds. The van der Waals surface area contributed by atoms with Gasteiger partial charge in [0, 0.05) is 0 Å². The Hall–Kier alpha value is -4.08. The van der Waals surface area contributed by atoms with Gasteiger partial charge in [0.05, 0.1) is 17.7 Å². The summed E-state index contributed by atoms with van der Waals surface area (Å²) in [5, 5.41) is 4.88. The molecule has 0 bridgehead atoms. The van der Waals surface area contributed by atoms with E-state index in [9.17, 15) is 24.0 Å². The molecule has 0 spiro atoms. The number of hydrogen-bond acceptors (Lipinski definition) is 6. The van der Waals surface area contributed by atoms with Gasteiger partial charge in [-0.2, -0.15) is 0 Å². The van der Waals surface area contributed by atoms with Crippen molar-refractivity contribution in [1.82, 2.24) is 15.5 Å². The van der Waals surface area contributed by atoms with Crippen LogP contribution in [-0.4, -0.2) is 59.2 Å². The molecule has 38 heavy (non-hydrogen) atoms. The first-order valence-corrected chi connectivity index (χ1v) is 12.5. The van der Waals surface area contributed by atoms with Gasteiger partial charge in [-0.15, -0.1) is 0 Å². The number of carbonyl (C=O) groups excluding carboxylic acids is 5. The summed E-state index contributed by atoms with van der Waals surface area (Å²) < 4.78 is 20.8. The smallest absolute Gasteiger partial charge is 0.328 e. The fraction of sp³-hybridized carbons (Fsp3) is 0.393. The average molecular weight is 526 g/mol. The van der Waals surface area contributed by atoms with Gasteiger partial charge in [-0.1, -0.05) is 56.3 Å². The number of nitrogens with zero attached hydrogens (tertiary/aromatic N) is 1. The summed E-state index contributed by atoms with van der Waals surface area (Å²) in [7, 11) is 0. The lowest BCUT2D eigenvalue weighted by molar-refractivity contribution is -0.148. The molecular formula is C28H32FN3O6. The fourth-order valence-corrected chi connectivity index (χ4v) is 4.24. The summed E-state index contributed by atoms with van der Waals surface area (Å²) in [5.74, 6) is -3.84. The molecule has 0 saturated heterocycles. The van der Waals surface area contributed by atoms with Crippen LogP contribution in [0.2, 0.25) is 0 Å². The Labute approximate surface area is 220 Å². The summed E-state index contributed by atoms with van der Waals surface area (Å²) in [6.45, 7) is 6.74. The average Bonchev–Trinajstić information content (AvgIpc) is 3.15.